The number of hydrogen-bond donors (Lipinski definition) is 1. The number of nitriles is 1. The van der Waals surface area contributed by atoms with Crippen molar-refractivity contribution in [2.45, 2.75) is 26.4 Å². The van der Waals surface area contributed by atoms with Crippen LogP contribution in [0.15, 0.2) is 0 Å². The Balaban J connectivity index is 2.85. The summed E-state index contributed by atoms with van der Waals surface area (Å²) in [4.78, 5) is 0. The Kier molecular flexibility index (Phi) is 5.91. The molecule has 0 bridgehead atoms. The second-order valence-electron chi connectivity index (χ2n) is 5.60. The largest absolute Gasteiger partial charge is 0.391 e. The summed E-state index contributed by atoms with van der Waals surface area (Å²) in [5, 5.41) is 18.6. The van der Waals surface area contributed by atoms with Crippen LogP contribution in [0.25, 0.3) is 0 Å². The molecule has 0 amide bonds. The second-order valence-corrected chi connectivity index (χ2v) is 7.53. The molecular formula is C12H23N3O4S. The topological polar surface area (TPSA) is 93.9 Å². The van der Waals surface area contributed by atoms with Gasteiger partial charge in [0.1, 0.15) is 0 Å². The maximum atomic E-state index is 12.6. The molecule has 0 aromatic rings. The van der Waals surface area contributed by atoms with Gasteiger partial charge in [-0.2, -0.15) is 22.3 Å². The van der Waals surface area contributed by atoms with E-state index < -0.39 is 21.7 Å². The lowest BCUT2D eigenvalue weighted by Gasteiger charge is -2.27. The van der Waals surface area contributed by atoms with Crippen molar-refractivity contribution in [2.24, 2.45) is 5.41 Å². The Hall–Kier alpha value is -0.720. The first kappa shape index (κ1) is 17.3. The second kappa shape index (κ2) is 6.83. The summed E-state index contributed by atoms with van der Waals surface area (Å²) in [6.45, 7) is 4.63. The summed E-state index contributed by atoms with van der Waals surface area (Å²) in [5.41, 5.74) is -0.463. The molecule has 1 atom stereocenters. The molecule has 0 aromatic heterocycles. The van der Waals surface area contributed by atoms with E-state index >= 15 is 0 Å². The van der Waals surface area contributed by atoms with Crippen LogP contribution in [0.1, 0.15) is 20.3 Å². The number of hydrogen-bond acceptors (Lipinski definition) is 5. The van der Waals surface area contributed by atoms with E-state index in [-0.39, 0.29) is 39.2 Å². The average molecular weight is 305 g/mol. The molecule has 1 N–H and O–H groups in total. The predicted molar refractivity (Wildman–Crippen MR) is 74.0 cm³/mol. The highest BCUT2D eigenvalue weighted by atomic mass is 32.2. The Morgan fingerprint density at radius 3 is 2.60 bits per heavy atom. The van der Waals surface area contributed by atoms with Crippen molar-refractivity contribution in [3.63, 3.8) is 0 Å². The van der Waals surface area contributed by atoms with Crippen LogP contribution in [0.2, 0.25) is 0 Å². The van der Waals surface area contributed by atoms with Crippen molar-refractivity contribution >= 4 is 10.2 Å². The Labute approximate surface area is 120 Å². The number of ether oxygens (including phenoxy) is 1. The van der Waals surface area contributed by atoms with E-state index in [4.69, 9.17) is 10.00 Å². The van der Waals surface area contributed by atoms with Gasteiger partial charge in [-0.25, -0.2) is 0 Å². The molecule has 0 radical (unpaired) electrons. The monoisotopic (exact) mass is 305 g/mol. The van der Waals surface area contributed by atoms with Crippen LogP contribution in [0.4, 0.5) is 0 Å². The van der Waals surface area contributed by atoms with E-state index in [0.29, 0.717) is 0 Å². The van der Waals surface area contributed by atoms with Gasteiger partial charge in [-0.15, -0.1) is 0 Å². The minimum atomic E-state index is -3.67. The molecule has 0 saturated carbocycles. The molecule has 7 nitrogen and oxygen atoms in total. The molecule has 116 valence electrons. The van der Waals surface area contributed by atoms with Crippen molar-refractivity contribution in [3.8, 4) is 6.07 Å². The van der Waals surface area contributed by atoms with Crippen molar-refractivity contribution in [2.75, 3.05) is 39.9 Å². The van der Waals surface area contributed by atoms with E-state index in [2.05, 4.69) is 0 Å². The minimum absolute atomic E-state index is 0.0887. The number of aliphatic hydroxyl groups excluding tert-OH is 1. The summed E-state index contributed by atoms with van der Waals surface area (Å²) < 4.78 is 32.5. The fraction of sp³-hybridized carbons (Fsp3) is 0.917. The third-order valence-corrected chi connectivity index (χ3v) is 5.48. The molecule has 1 aliphatic heterocycles. The molecule has 0 aliphatic carbocycles. The van der Waals surface area contributed by atoms with E-state index in [1.807, 2.05) is 19.9 Å². The molecule has 1 fully saturated rings. The van der Waals surface area contributed by atoms with Crippen LogP contribution >= 0.6 is 0 Å². The standard InChI is InChI=1S/C12H23N3O4S/c1-12(2)10-15(9-11(12)16)20(17,18)14(6-4-5-13)7-8-19-3/h11,16H,4,6-10H2,1-3H3. The number of β-amino-alcohol motifs (C(OH)–C–C–N with tert-alkyl or cyclic N) is 1. The van der Waals surface area contributed by atoms with Crippen molar-refractivity contribution < 1.29 is 18.3 Å². The van der Waals surface area contributed by atoms with Crippen LogP contribution < -0.4 is 0 Å². The predicted octanol–water partition coefficient (Wildman–Crippen LogP) is -0.204. The lowest BCUT2D eigenvalue weighted by Crippen LogP contribution is -2.45. The maximum absolute atomic E-state index is 12.6. The summed E-state index contributed by atoms with van der Waals surface area (Å²) in [7, 11) is -2.18. The molecule has 1 rings (SSSR count). The van der Waals surface area contributed by atoms with E-state index in [9.17, 15) is 13.5 Å². The third-order valence-electron chi connectivity index (χ3n) is 3.53. The molecule has 1 saturated heterocycles. The van der Waals surface area contributed by atoms with Gasteiger partial charge in [0.15, 0.2) is 0 Å². The lowest BCUT2D eigenvalue weighted by atomic mass is 9.90. The van der Waals surface area contributed by atoms with Crippen molar-refractivity contribution in [3.05, 3.63) is 0 Å². The summed E-state index contributed by atoms with van der Waals surface area (Å²) in [6.07, 6.45) is -0.555. The summed E-state index contributed by atoms with van der Waals surface area (Å²) >= 11 is 0. The zero-order valence-corrected chi connectivity index (χ0v) is 13.1. The Bertz CT molecular complexity index is 458. The molecule has 1 aliphatic rings. The van der Waals surface area contributed by atoms with Crippen LogP contribution in [0.3, 0.4) is 0 Å². The zero-order chi connectivity index (χ0) is 15.4. The number of nitrogens with zero attached hydrogens (tertiary/aromatic N) is 3. The highest BCUT2D eigenvalue weighted by Gasteiger charge is 2.44. The van der Waals surface area contributed by atoms with Crippen LogP contribution in [-0.2, 0) is 14.9 Å². The van der Waals surface area contributed by atoms with Gasteiger partial charge in [0, 0.05) is 45.1 Å². The van der Waals surface area contributed by atoms with Gasteiger partial charge in [0.2, 0.25) is 0 Å². The quantitative estimate of drug-likeness (QED) is 0.703. The van der Waals surface area contributed by atoms with Gasteiger partial charge >= 0.3 is 0 Å². The van der Waals surface area contributed by atoms with E-state index in [0.717, 1.165) is 0 Å². The average Bonchev–Trinajstić information content (AvgIpc) is 2.64. The zero-order valence-electron chi connectivity index (χ0n) is 12.2. The Morgan fingerprint density at radius 1 is 1.50 bits per heavy atom. The van der Waals surface area contributed by atoms with Gasteiger partial charge < -0.3 is 9.84 Å². The first-order valence-electron chi connectivity index (χ1n) is 6.55. The van der Waals surface area contributed by atoms with Crippen molar-refractivity contribution in [1.82, 2.24) is 8.61 Å². The van der Waals surface area contributed by atoms with Gasteiger partial charge in [-0.3, -0.25) is 0 Å². The molecular weight excluding hydrogens is 282 g/mol. The van der Waals surface area contributed by atoms with Crippen molar-refractivity contribution in [1.29, 1.82) is 5.26 Å². The highest BCUT2D eigenvalue weighted by molar-refractivity contribution is 7.86. The molecule has 20 heavy (non-hydrogen) atoms. The fourth-order valence-electron chi connectivity index (χ4n) is 2.11. The first-order chi connectivity index (χ1) is 9.25. The lowest BCUT2D eigenvalue weighted by molar-refractivity contribution is 0.0959. The van der Waals surface area contributed by atoms with Crippen LogP contribution in [0, 0.1) is 16.7 Å². The van der Waals surface area contributed by atoms with E-state index in [1.54, 1.807) is 0 Å². The summed E-state index contributed by atoms with van der Waals surface area (Å²) in [5.74, 6) is 0. The minimum Gasteiger partial charge on any atom is -0.391 e. The molecule has 1 unspecified atom stereocenters. The van der Waals surface area contributed by atoms with Crippen LogP contribution in [0.5, 0.6) is 0 Å². The van der Waals surface area contributed by atoms with E-state index in [1.165, 1.54) is 15.7 Å². The smallest absolute Gasteiger partial charge is 0.282 e. The molecule has 8 heteroatoms. The maximum Gasteiger partial charge on any atom is 0.282 e. The normalized spacial score (nSPS) is 23.1. The van der Waals surface area contributed by atoms with Gasteiger partial charge in [0.05, 0.1) is 18.8 Å². The van der Waals surface area contributed by atoms with Gasteiger partial charge in [-0.1, -0.05) is 13.8 Å². The summed E-state index contributed by atoms with van der Waals surface area (Å²) in [6, 6.07) is 1.95. The molecule has 0 spiro atoms. The fourth-order valence-corrected chi connectivity index (χ4v) is 3.89. The Morgan fingerprint density at radius 2 is 2.15 bits per heavy atom. The number of methoxy groups -OCH3 is 1. The van der Waals surface area contributed by atoms with Crippen LogP contribution in [-0.4, -0.2) is 68.1 Å². The molecule has 0 aromatic carbocycles. The highest BCUT2D eigenvalue weighted by Crippen LogP contribution is 2.32. The SMILES string of the molecule is COCCN(CCC#N)S(=O)(=O)N1CC(O)C(C)(C)C1. The third kappa shape index (κ3) is 3.90. The number of aliphatic hydroxyl groups is 1. The van der Waals surface area contributed by atoms with Gasteiger partial charge in [0.25, 0.3) is 10.2 Å². The first-order valence-corrected chi connectivity index (χ1v) is 7.94. The molecule has 1 heterocycles. The number of rotatable bonds is 7. The van der Waals surface area contributed by atoms with Gasteiger partial charge in [-0.05, 0) is 0 Å².